The average molecular weight is 334 g/mol. The van der Waals surface area contributed by atoms with E-state index in [1.165, 1.54) is 0 Å². The molecule has 0 aliphatic rings. The van der Waals surface area contributed by atoms with Crippen molar-refractivity contribution < 1.29 is 14.6 Å². The van der Waals surface area contributed by atoms with Gasteiger partial charge in [0.15, 0.2) is 0 Å². The van der Waals surface area contributed by atoms with Gasteiger partial charge in [0, 0.05) is 12.5 Å². The monoisotopic (exact) mass is 334 g/mol. The molecule has 0 unspecified atom stereocenters. The van der Waals surface area contributed by atoms with Crippen LogP contribution in [-0.2, 0) is 11.2 Å². The largest absolute Gasteiger partial charge is 0.497 e. The summed E-state index contributed by atoms with van der Waals surface area (Å²) < 4.78 is 5.17. The van der Waals surface area contributed by atoms with E-state index in [0.717, 1.165) is 40.0 Å². The number of carboxylic acids is 1. The third-order valence-corrected chi connectivity index (χ3v) is 3.80. The molecule has 3 rings (SSSR count). The van der Waals surface area contributed by atoms with Gasteiger partial charge in [-0.15, -0.1) is 0 Å². The number of nitrogens with one attached hydrogen (secondary N) is 1. The molecule has 5 heteroatoms. The number of carboxylic acid groups (broad SMARTS) is 1. The number of hydrogen-bond acceptors (Lipinski definition) is 3. The summed E-state index contributed by atoms with van der Waals surface area (Å²) >= 11 is 0. The van der Waals surface area contributed by atoms with Crippen LogP contribution in [0.4, 0.5) is 0 Å². The van der Waals surface area contributed by atoms with Gasteiger partial charge in [0.25, 0.3) is 0 Å². The number of hydrogen-bond donors (Lipinski definition) is 2. The van der Waals surface area contributed by atoms with E-state index in [4.69, 9.17) is 9.84 Å². The van der Waals surface area contributed by atoms with Crippen molar-refractivity contribution >= 4 is 12.0 Å². The van der Waals surface area contributed by atoms with Gasteiger partial charge in [-0.25, -0.2) is 9.78 Å². The van der Waals surface area contributed by atoms with Crippen LogP contribution in [0, 0.1) is 0 Å². The Hall–Kier alpha value is -3.34. The van der Waals surface area contributed by atoms with Crippen LogP contribution in [0.2, 0.25) is 0 Å². The van der Waals surface area contributed by atoms with E-state index in [-0.39, 0.29) is 0 Å². The van der Waals surface area contributed by atoms with Gasteiger partial charge in [0.2, 0.25) is 0 Å². The zero-order valence-electron chi connectivity index (χ0n) is 13.8. The van der Waals surface area contributed by atoms with Crippen LogP contribution in [0.25, 0.3) is 17.3 Å². The average Bonchev–Trinajstić information content (AvgIpc) is 3.09. The molecule has 0 aliphatic carbocycles. The highest BCUT2D eigenvalue weighted by molar-refractivity contribution is 5.85. The number of aromatic nitrogens is 2. The van der Waals surface area contributed by atoms with Crippen molar-refractivity contribution in [3.63, 3.8) is 0 Å². The van der Waals surface area contributed by atoms with Crippen molar-refractivity contribution in [2.75, 3.05) is 7.11 Å². The van der Waals surface area contributed by atoms with Crippen molar-refractivity contribution in [2.45, 2.75) is 6.42 Å². The minimum absolute atomic E-state index is 0.680. The summed E-state index contributed by atoms with van der Waals surface area (Å²) in [6, 6.07) is 15.5. The molecule has 25 heavy (non-hydrogen) atoms. The van der Waals surface area contributed by atoms with Crippen molar-refractivity contribution in [1.82, 2.24) is 9.97 Å². The number of H-pyrrole nitrogens is 1. The molecule has 0 saturated carbocycles. The summed E-state index contributed by atoms with van der Waals surface area (Å²) in [6.45, 7) is 0. The van der Waals surface area contributed by atoms with E-state index in [0.29, 0.717) is 6.42 Å². The predicted molar refractivity (Wildman–Crippen MR) is 96.5 cm³/mol. The molecule has 0 bridgehead atoms. The van der Waals surface area contributed by atoms with Crippen molar-refractivity contribution in [1.29, 1.82) is 0 Å². The van der Waals surface area contributed by atoms with E-state index in [1.54, 1.807) is 13.2 Å². The summed E-state index contributed by atoms with van der Waals surface area (Å²) in [5.41, 5.74) is 3.96. The Balaban J connectivity index is 1.69. The third kappa shape index (κ3) is 4.35. The molecule has 1 aromatic heterocycles. The molecule has 2 aromatic carbocycles. The second-order valence-corrected chi connectivity index (χ2v) is 5.56. The fourth-order valence-corrected chi connectivity index (χ4v) is 2.48. The van der Waals surface area contributed by atoms with E-state index in [9.17, 15) is 4.79 Å². The summed E-state index contributed by atoms with van der Waals surface area (Å²) in [7, 11) is 1.64. The van der Waals surface area contributed by atoms with Crippen LogP contribution in [0.15, 0.2) is 60.8 Å². The van der Waals surface area contributed by atoms with Gasteiger partial charge < -0.3 is 14.8 Å². The quantitative estimate of drug-likeness (QED) is 0.673. The first-order valence-corrected chi connectivity index (χ1v) is 7.82. The Kier molecular flexibility index (Phi) is 4.95. The first-order chi connectivity index (χ1) is 12.1. The Morgan fingerprint density at radius 3 is 2.52 bits per heavy atom. The SMILES string of the molecule is COc1ccc(-c2cnc(Cc3ccc(C=CC(=O)O)cc3)[nH]2)cc1. The maximum atomic E-state index is 10.5. The number of benzene rings is 2. The molecule has 126 valence electrons. The molecule has 5 nitrogen and oxygen atoms in total. The number of aromatic amines is 1. The third-order valence-electron chi connectivity index (χ3n) is 3.80. The van der Waals surface area contributed by atoms with Crippen molar-refractivity contribution in [3.05, 3.63) is 77.8 Å². The van der Waals surface area contributed by atoms with Crippen molar-refractivity contribution in [3.8, 4) is 17.0 Å². The highest BCUT2D eigenvalue weighted by atomic mass is 16.5. The fraction of sp³-hybridized carbons (Fsp3) is 0.100. The Morgan fingerprint density at radius 1 is 1.16 bits per heavy atom. The van der Waals surface area contributed by atoms with E-state index >= 15 is 0 Å². The Labute approximate surface area is 145 Å². The number of nitrogens with zero attached hydrogens (tertiary/aromatic N) is 1. The topological polar surface area (TPSA) is 75.2 Å². The van der Waals surface area contributed by atoms with Crippen LogP contribution in [0.5, 0.6) is 5.75 Å². The lowest BCUT2D eigenvalue weighted by molar-refractivity contribution is -0.131. The van der Waals surface area contributed by atoms with Gasteiger partial charge >= 0.3 is 5.97 Å². The second kappa shape index (κ2) is 7.49. The van der Waals surface area contributed by atoms with Gasteiger partial charge in [0.1, 0.15) is 11.6 Å². The molecule has 1 heterocycles. The van der Waals surface area contributed by atoms with Crippen molar-refractivity contribution in [2.24, 2.45) is 0 Å². The van der Waals surface area contributed by atoms with Crippen LogP contribution in [-0.4, -0.2) is 28.2 Å². The van der Waals surface area contributed by atoms with E-state index in [1.807, 2.05) is 54.7 Å². The van der Waals surface area contributed by atoms with Gasteiger partial charge in [0.05, 0.1) is 19.0 Å². The lowest BCUT2D eigenvalue weighted by Crippen LogP contribution is -1.91. The first-order valence-electron chi connectivity index (χ1n) is 7.82. The zero-order valence-corrected chi connectivity index (χ0v) is 13.8. The molecular weight excluding hydrogens is 316 g/mol. The van der Waals surface area contributed by atoms with Gasteiger partial charge in [-0.2, -0.15) is 0 Å². The van der Waals surface area contributed by atoms with Gasteiger partial charge in [-0.3, -0.25) is 0 Å². The normalized spacial score (nSPS) is 10.9. The predicted octanol–water partition coefficient (Wildman–Crippen LogP) is 3.77. The minimum atomic E-state index is -0.953. The highest BCUT2D eigenvalue weighted by Gasteiger charge is 2.05. The maximum Gasteiger partial charge on any atom is 0.328 e. The zero-order chi connectivity index (χ0) is 17.6. The highest BCUT2D eigenvalue weighted by Crippen LogP contribution is 2.21. The number of ether oxygens (including phenoxy) is 1. The lowest BCUT2D eigenvalue weighted by Gasteiger charge is -2.02. The summed E-state index contributed by atoms with van der Waals surface area (Å²) in [6.07, 6.45) is 5.20. The van der Waals surface area contributed by atoms with E-state index < -0.39 is 5.97 Å². The standard InChI is InChI=1S/C20H18N2O3/c1-25-17-9-7-16(8-10-17)18-13-21-19(22-18)12-15-4-2-14(3-5-15)6-11-20(23)24/h2-11,13H,12H2,1H3,(H,21,22)(H,23,24). The number of imidazole rings is 1. The molecule has 2 N–H and O–H groups in total. The molecule has 0 aliphatic heterocycles. The molecule has 0 amide bonds. The molecule has 0 fully saturated rings. The number of rotatable bonds is 6. The molecular formula is C20H18N2O3. The summed E-state index contributed by atoms with van der Waals surface area (Å²) in [5, 5.41) is 8.64. The minimum Gasteiger partial charge on any atom is -0.497 e. The Bertz CT molecular complexity index is 878. The number of methoxy groups -OCH3 is 1. The Morgan fingerprint density at radius 2 is 1.88 bits per heavy atom. The summed E-state index contributed by atoms with van der Waals surface area (Å²) in [5.74, 6) is 0.742. The summed E-state index contributed by atoms with van der Waals surface area (Å²) in [4.78, 5) is 18.3. The maximum absolute atomic E-state index is 10.5. The van der Waals surface area contributed by atoms with Crippen LogP contribution < -0.4 is 4.74 Å². The molecule has 3 aromatic rings. The molecule has 0 radical (unpaired) electrons. The van der Waals surface area contributed by atoms with Gasteiger partial charge in [-0.05, 0) is 47.0 Å². The smallest absolute Gasteiger partial charge is 0.328 e. The second-order valence-electron chi connectivity index (χ2n) is 5.56. The number of aliphatic carboxylic acids is 1. The van der Waals surface area contributed by atoms with Gasteiger partial charge in [-0.1, -0.05) is 24.3 Å². The van der Waals surface area contributed by atoms with Crippen LogP contribution >= 0.6 is 0 Å². The number of carbonyl (C=O) groups is 1. The molecule has 0 saturated heterocycles. The van der Waals surface area contributed by atoms with Crippen LogP contribution in [0.1, 0.15) is 17.0 Å². The van der Waals surface area contributed by atoms with E-state index in [2.05, 4.69) is 9.97 Å². The first kappa shape index (κ1) is 16.5. The van der Waals surface area contributed by atoms with Crippen LogP contribution in [0.3, 0.4) is 0 Å². The molecule has 0 atom stereocenters. The lowest BCUT2D eigenvalue weighted by atomic mass is 10.1. The molecule has 0 spiro atoms. The fourth-order valence-electron chi connectivity index (χ4n) is 2.48.